The first-order valence-electron chi connectivity index (χ1n) is 4.78. The van der Waals surface area contributed by atoms with Gasteiger partial charge in [-0.15, -0.1) is 0 Å². The van der Waals surface area contributed by atoms with Crippen LogP contribution in [0.2, 0.25) is 0 Å². The summed E-state index contributed by atoms with van der Waals surface area (Å²) >= 11 is 3.98. The summed E-state index contributed by atoms with van der Waals surface area (Å²) in [6, 6.07) is 5.31. The van der Waals surface area contributed by atoms with Gasteiger partial charge >= 0.3 is 0 Å². The van der Waals surface area contributed by atoms with Gasteiger partial charge in [0.15, 0.2) is 0 Å². The maximum absolute atomic E-state index is 11.5. The average molecular weight is 224 g/mol. The second-order valence-electron chi connectivity index (χ2n) is 3.65. The Morgan fingerprint density at radius 2 is 1.93 bits per heavy atom. The second kappa shape index (κ2) is 5.19. The second-order valence-corrected chi connectivity index (χ2v) is 4.02. The zero-order valence-corrected chi connectivity index (χ0v) is 9.84. The Balaban J connectivity index is 2.76. The summed E-state index contributed by atoms with van der Waals surface area (Å²) in [6.45, 7) is 3.97. The standard InChI is InChI=1S/C11H16N2OS/c1-7-3-8(2)5-9(4-7)13-11(14)10(12)6-15/h3-5,10,15H,6,12H2,1-2H3,(H,13,14). The normalized spacial score (nSPS) is 12.3. The van der Waals surface area contributed by atoms with Crippen LogP contribution in [-0.2, 0) is 4.79 Å². The topological polar surface area (TPSA) is 55.1 Å². The molecule has 0 aromatic heterocycles. The quantitative estimate of drug-likeness (QED) is 0.681. The molecule has 4 heteroatoms. The fourth-order valence-corrected chi connectivity index (χ4v) is 1.53. The van der Waals surface area contributed by atoms with E-state index in [2.05, 4.69) is 17.9 Å². The van der Waals surface area contributed by atoms with Crippen molar-refractivity contribution in [1.82, 2.24) is 0 Å². The number of benzene rings is 1. The lowest BCUT2D eigenvalue weighted by atomic mass is 10.1. The van der Waals surface area contributed by atoms with E-state index in [1.807, 2.05) is 32.0 Å². The largest absolute Gasteiger partial charge is 0.325 e. The molecule has 1 atom stereocenters. The number of anilines is 1. The Bertz CT molecular complexity index is 345. The van der Waals surface area contributed by atoms with Crippen molar-refractivity contribution < 1.29 is 4.79 Å². The number of amides is 1. The van der Waals surface area contributed by atoms with Gasteiger partial charge in [-0.2, -0.15) is 12.6 Å². The Hall–Kier alpha value is -1.00. The van der Waals surface area contributed by atoms with Crippen LogP contribution in [0.3, 0.4) is 0 Å². The minimum absolute atomic E-state index is 0.199. The molecule has 0 aliphatic rings. The molecule has 3 N–H and O–H groups in total. The molecule has 0 aliphatic heterocycles. The van der Waals surface area contributed by atoms with Crippen molar-refractivity contribution in [2.24, 2.45) is 5.73 Å². The van der Waals surface area contributed by atoms with Crippen LogP contribution in [0.1, 0.15) is 11.1 Å². The fraction of sp³-hybridized carbons (Fsp3) is 0.364. The van der Waals surface area contributed by atoms with E-state index < -0.39 is 6.04 Å². The number of carbonyl (C=O) groups is 1. The van der Waals surface area contributed by atoms with E-state index in [4.69, 9.17) is 5.73 Å². The van der Waals surface area contributed by atoms with E-state index in [1.54, 1.807) is 0 Å². The number of carbonyl (C=O) groups excluding carboxylic acids is 1. The monoisotopic (exact) mass is 224 g/mol. The van der Waals surface area contributed by atoms with E-state index in [9.17, 15) is 4.79 Å². The van der Waals surface area contributed by atoms with Crippen LogP contribution < -0.4 is 11.1 Å². The zero-order valence-electron chi connectivity index (χ0n) is 8.95. The molecule has 15 heavy (non-hydrogen) atoms. The first kappa shape index (κ1) is 12.1. The minimum atomic E-state index is -0.561. The molecule has 1 unspecified atom stereocenters. The minimum Gasteiger partial charge on any atom is -0.325 e. The van der Waals surface area contributed by atoms with Gasteiger partial charge in [-0.05, 0) is 37.1 Å². The molecule has 0 spiro atoms. The lowest BCUT2D eigenvalue weighted by molar-refractivity contribution is -0.116. The van der Waals surface area contributed by atoms with Gasteiger partial charge in [0.25, 0.3) is 0 Å². The van der Waals surface area contributed by atoms with Gasteiger partial charge in [-0.3, -0.25) is 4.79 Å². The molecule has 0 saturated carbocycles. The molecule has 1 rings (SSSR count). The van der Waals surface area contributed by atoms with Crippen molar-refractivity contribution in [2.75, 3.05) is 11.1 Å². The van der Waals surface area contributed by atoms with Crippen molar-refractivity contribution in [3.63, 3.8) is 0 Å². The summed E-state index contributed by atoms with van der Waals surface area (Å²) in [7, 11) is 0. The molecule has 0 saturated heterocycles. The Kier molecular flexibility index (Phi) is 4.17. The van der Waals surface area contributed by atoms with Crippen LogP contribution in [-0.4, -0.2) is 17.7 Å². The summed E-state index contributed by atoms with van der Waals surface area (Å²) in [5.41, 5.74) is 8.57. The number of aryl methyl sites for hydroxylation is 2. The Labute approximate surface area is 95.5 Å². The number of hydrogen-bond donors (Lipinski definition) is 3. The maximum atomic E-state index is 11.5. The molecular weight excluding hydrogens is 208 g/mol. The number of hydrogen-bond acceptors (Lipinski definition) is 3. The fourth-order valence-electron chi connectivity index (χ4n) is 1.36. The summed E-state index contributed by atoms with van der Waals surface area (Å²) < 4.78 is 0. The van der Waals surface area contributed by atoms with Gasteiger partial charge in [0, 0.05) is 11.4 Å². The summed E-state index contributed by atoms with van der Waals surface area (Å²) in [6.07, 6.45) is 0. The van der Waals surface area contributed by atoms with Crippen LogP contribution in [0, 0.1) is 13.8 Å². The van der Waals surface area contributed by atoms with Gasteiger partial charge < -0.3 is 11.1 Å². The van der Waals surface area contributed by atoms with Crippen molar-refractivity contribution >= 4 is 24.2 Å². The summed E-state index contributed by atoms with van der Waals surface area (Å²) in [5.74, 6) is 0.145. The SMILES string of the molecule is Cc1cc(C)cc(NC(=O)C(N)CS)c1. The van der Waals surface area contributed by atoms with Crippen LogP contribution >= 0.6 is 12.6 Å². The van der Waals surface area contributed by atoms with Crippen LogP contribution in [0.5, 0.6) is 0 Å². The first-order valence-corrected chi connectivity index (χ1v) is 5.42. The van der Waals surface area contributed by atoms with Gasteiger partial charge in [0.05, 0.1) is 6.04 Å². The highest BCUT2D eigenvalue weighted by Crippen LogP contribution is 2.13. The predicted molar refractivity (Wildman–Crippen MR) is 66.4 cm³/mol. The highest BCUT2D eigenvalue weighted by atomic mass is 32.1. The van der Waals surface area contributed by atoms with E-state index >= 15 is 0 Å². The lowest BCUT2D eigenvalue weighted by Crippen LogP contribution is -2.37. The Morgan fingerprint density at radius 3 is 2.40 bits per heavy atom. The molecule has 1 aromatic carbocycles. The van der Waals surface area contributed by atoms with E-state index in [1.165, 1.54) is 0 Å². The van der Waals surface area contributed by atoms with E-state index in [0.717, 1.165) is 16.8 Å². The number of nitrogens with one attached hydrogen (secondary N) is 1. The van der Waals surface area contributed by atoms with Gasteiger partial charge in [0.2, 0.25) is 5.91 Å². The van der Waals surface area contributed by atoms with Gasteiger partial charge in [0.1, 0.15) is 0 Å². The molecule has 82 valence electrons. The van der Waals surface area contributed by atoms with E-state index in [0.29, 0.717) is 5.75 Å². The average Bonchev–Trinajstić information content (AvgIpc) is 2.14. The van der Waals surface area contributed by atoms with Crippen molar-refractivity contribution in [3.05, 3.63) is 29.3 Å². The summed E-state index contributed by atoms with van der Waals surface area (Å²) in [5, 5.41) is 2.76. The predicted octanol–water partition coefficient (Wildman–Crippen LogP) is 1.50. The molecule has 3 nitrogen and oxygen atoms in total. The smallest absolute Gasteiger partial charge is 0.242 e. The van der Waals surface area contributed by atoms with Crippen LogP contribution in [0.4, 0.5) is 5.69 Å². The molecule has 1 aromatic rings. The van der Waals surface area contributed by atoms with Gasteiger partial charge in [-0.1, -0.05) is 6.07 Å². The highest BCUT2D eigenvalue weighted by molar-refractivity contribution is 7.80. The van der Waals surface area contributed by atoms with Gasteiger partial charge in [-0.25, -0.2) is 0 Å². The first-order chi connectivity index (χ1) is 7.02. The molecule has 0 radical (unpaired) electrons. The van der Waals surface area contributed by atoms with Crippen LogP contribution in [0.25, 0.3) is 0 Å². The third-order valence-corrected chi connectivity index (χ3v) is 2.42. The van der Waals surface area contributed by atoms with Crippen molar-refractivity contribution in [3.8, 4) is 0 Å². The summed E-state index contributed by atoms with van der Waals surface area (Å²) in [4.78, 5) is 11.5. The number of rotatable bonds is 3. The molecule has 0 fully saturated rings. The van der Waals surface area contributed by atoms with Crippen LogP contribution in [0.15, 0.2) is 18.2 Å². The van der Waals surface area contributed by atoms with Crippen molar-refractivity contribution in [1.29, 1.82) is 0 Å². The number of nitrogens with two attached hydrogens (primary N) is 1. The maximum Gasteiger partial charge on any atom is 0.242 e. The molecule has 0 heterocycles. The lowest BCUT2D eigenvalue weighted by Gasteiger charge is -2.10. The van der Waals surface area contributed by atoms with Crippen molar-refractivity contribution in [2.45, 2.75) is 19.9 Å². The third kappa shape index (κ3) is 3.57. The zero-order chi connectivity index (χ0) is 11.4. The molecule has 0 aliphatic carbocycles. The number of thiol groups is 1. The molecule has 0 bridgehead atoms. The third-order valence-electron chi connectivity index (χ3n) is 2.02. The molecule has 1 amide bonds. The molecular formula is C11H16N2OS. The van der Waals surface area contributed by atoms with E-state index in [-0.39, 0.29) is 5.91 Å². The highest BCUT2D eigenvalue weighted by Gasteiger charge is 2.11. The Morgan fingerprint density at radius 1 is 1.40 bits per heavy atom.